The van der Waals surface area contributed by atoms with E-state index in [1.165, 1.54) is 0 Å². The topological polar surface area (TPSA) is 57.5 Å². The van der Waals surface area contributed by atoms with Gasteiger partial charge in [0.15, 0.2) is 0 Å². The smallest absolute Gasteiger partial charge is 0.335 e. The zero-order valence-corrected chi connectivity index (χ0v) is 11.1. The van der Waals surface area contributed by atoms with Gasteiger partial charge in [0.1, 0.15) is 0 Å². The van der Waals surface area contributed by atoms with Gasteiger partial charge in [0, 0.05) is 11.0 Å². The fourth-order valence-electron chi connectivity index (χ4n) is 1.35. The Morgan fingerprint density at radius 1 is 1.41 bits per heavy atom. The van der Waals surface area contributed by atoms with E-state index in [1.807, 2.05) is 19.9 Å². The maximum absolute atomic E-state index is 10.8. The first-order valence-corrected chi connectivity index (χ1v) is 6.59. The minimum absolute atomic E-state index is 0.175. The van der Waals surface area contributed by atoms with Gasteiger partial charge in [-0.25, -0.2) is 4.79 Å². The Hall–Kier alpha value is -1.000. The molecule has 0 saturated carbocycles. The zero-order chi connectivity index (χ0) is 13.0. The molecule has 2 atom stereocenters. The summed E-state index contributed by atoms with van der Waals surface area (Å²) in [6.07, 6.45) is -0.335. The average Bonchev–Trinajstić information content (AvgIpc) is 2.26. The second kappa shape index (κ2) is 6.07. The standard InChI is InChI=1S/C13H18O3S/c1-8-6-11(13(15)16)4-5-12(8)7-17-10(3)9(2)14/h4-6,9-10,14H,7H2,1-3H3,(H,15,16). The Morgan fingerprint density at radius 2 is 2.06 bits per heavy atom. The molecule has 0 spiro atoms. The van der Waals surface area contributed by atoms with Gasteiger partial charge < -0.3 is 10.2 Å². The number of hydrogen-bond acceptors (Lipinski definition) is 3. The van der Waals surface area contributed by atoms with E-state index in [1.54, 1.807) is 30.8 Å². The van der Waals surface area contributed by atoms with Crippen LogP contribution in [0.3, 0.4) is 0 Å². The first-order chi connectivity index (χ1) is 7.91. The monoisotopic (exact) mass is 254 g/mol. The molecule has 17 heavy (non-hydrogen) atoms. The Morgan fingerprint density at radius 3 is 2.53 bits per heavy atom. The van der Waals surface area contributed by atoms with Gasteiger partial charge in [-0.05, 0) is 37.1 Å². The molecule has 0 aromatic heterocycles. The summed E-state index contributed by atoms with van der Waals surface area (Å²) in [6.45, 7) is 5.67. The van der Waals surface area contributed by atoms with Crippen LogP contribution in [0.4, 0.5) is 0 Å². The molecule has 0 aliphatic heterocycles. The van der Waals surface area contributed by atoms with Gasteiger partial charge in [-0.15, -0.1) is 0 Å². The molecule has 0 aliphatic rings. The molecule has 1 aromatic carbocycles. The SMILES string of the molecule is Cc1cc(C(=O)O)ccc1CSC(C)C(C)O. The Labute approximate surface area is 106 Å². The lowest BCUT2D eigenvalue weighted by atomic mass is 10.1. The van der Waals surface area contributed by atoms with Crippen LogP contribution >= 0.6 is 11.8 Å². The third-order valence-electron chi connectivity index (χ3n) is 2.77. The van der Waals surface area contributed by atoms with Crippen LogP contribution in [0.2, 0.25) is 0 Å². The maximum atomic E-state index is 10.8. The quantitative estimate of drug-likeness (QED) is 0.848. The third-order valence-corrected chi connectivity index (χ3v) is 4.17. The van der Waals surface area contributed by atoms with Crippen LogP contribution in [0.1, 0.15) is 35.3 Å². The van der Waals surface area contributed by atoms with E-state index in [9.17, 15) is 9.90 Å². The van der Waals surface area contributed by atoms with E-state index in [0.29, 0.717) is 5.56 Å². The van der Waals surface area contributed by atoms with E-state index >= 15 is 0 Å². The summed E-state index contributed by atoms with van der Waals surface area (Å²) in [7, 11) is 0. The largest absolute Gasteiger partial charge is 0.478 e. The molecule has 2 unspecified atom stereocenters. The molecule has 1 rings (SSSR count). The van der Waals surface area contributed by atoms with Crippen molar-refractivity contribution in [2.75, 3.05) is 0 Å². The molecule has 1 aromatic rings. The molecule has 3 nitrogen and oxygen atoms in total. The van der Waals surface area contributed by atoms with Crippen LogP contribution in [-0.2, 0) is 5.75 Å². The highest BCUT2D eigenvalue weighted by molar-refractivity contribution is 7.99. The zero-order valence-electron chi connectivity index (χ0n) is 10.3. The fraction of sp³-hybridized carbons (Fsp3) is 0.462. The number of aliphatic hydroxyl groups is 1. The van der Waals surface area contributed by atoms with E-state index in [4.69, 9.17) is 5.11 Å². The van der Waals surface area contributed by atoms with E-state index in [2.05, 4.69) is 0 Å². The predicted molar refractivity (Wildman–Crippen MR) is 70.6 cm³/mol. The summed E-state index contributed by atoms with van der Waals surface area (Å²) in [5.74, 6) is -0.109. The summed E-state index contributed by atoms with van der Waals surface area (Å²) in [6, 6.07) is 5.16. The minimum atomic E-state index is -0.898. The van der Waals surface area contributed by atoms with Crippen molar-refractivity contribution in [1.82, 2.24) is 0 Å². The highest BCUT2D eigenvalue weighted by atomic mass is 32.2. The minimum Gasteiger partial charge on any atom is -0.478 e. The molecule has 0 amide bonds. The maximum Gasteiger partial charge on any atom is 0.335 e. The van der Waals surface area contributed by atoms with Crippen molar-refractivity contribution >= 4 is 17.7 Å². The summed E-state index contributed by atoms with van der Waals surface area (Å²) in [4.78, 5) is 10.8. The number of aromatic carboxylic acids is 1. The number of thioether (sulfide) groups is 1. The molecule has 0 heterocycles. The fourth-order valence-corrected chi connectivity index (χ4v) is 2.40. The Balaban J connectivity index is 2.70. The highest BCUT2D eigenvalue weighted by Gasteiger charge is 2.11. The van der Waals surface area contributed by atoms with Gasteiger partial charge in [0.2, 0.25) is 0 Å². The molecule has 0 saturated heterocycles. The van der Waals surface area contributed by atoms with Gasteiger partial charge in [0.25, 0.3) is 0 Å². The lowest BCUT2D eigenvalue weighted by Gasteiger charge is -2.15. The van der Waals surface area contributed by atoms with Crippen LogP contribution in [0.15, 0.2) is 18.2 Å². The van der Waals surface area contributed by atoms with Crippen LogP contribution in [0, 0.1) is 6.92 Å². The molecular formula is C13H18O3S. The molecule has 2 N–H and O–H groups in total. The number of aliphatic hydroxyl groups excluding tert-OH is 1. The molecule has 0 bridgehead atoms. The number of benzene rings is 1. The van der Waals surface area contributed by atoms with Gasteiger partial charge in [0.05, 0.1) is 11.7 Å². The second-order valence-electron chi connectivity index (χ2n) is 4.20. The van der Waals surface area contributed by atoms with Crippen molar-refractivity contribution in [2.24, 2.45) is 0 Å². The first kappa shape index (κ1) is 14.1. The summed E-state index contributed by atoms with van der Waals surface area (Å²) >= 11 is 1.67. The molecule has 94 valence electrons. The predicted octanol–water partition coefficient (Wildman–Crippen LogP) is 2.70. The van der Waals surface area contributed by atoms with Crippen molar-refractivity contribution < 1.29 is 15.0 Å². The van der Waals surface area contributed by atoms with Crippen LogP contribution in [0.25, 0.3) is 0 Å². The number of carbonyl (C=O) groups is 1. The highest BCUT2D eigenvalue weighted by Crippen LogP contribution is 2.22. The number of carboxylic acids is 1. The Kier molecular flexibility index (Phi) is 5.02. The average molecular weight is 254 g/mol. The molecule has 4 heteroatoms. The number of rotatable bonds is 5. The molecule has 0 radical (unpaired) electrons. The normalized spacial score (nSPS) is 14.4. The number of carboxylic acid groups (broad SMARTS) is 1. The number of aryl methyl sites for hydroxylation is 1. The summed E-state index contributed by atoms with van der Waals surface area (Å²) in [5, 5.41) is 18.4. The van der Waals surface area contributed by atoms with Crippen molar-refractivity contribution in [2.45, 2.75) is 37.9 Å². The molecular weight excluding hydrogens is 236 g/mol. The van der Waals surface area contributed by atoms with Gasteiger partial charge >= 0.3 is 5.97 Å². The second-order valence-corrected chi connectivity index (χ2v) is 5.57. The summed E-state index contributed by atoms with van der Waals surface area (Å²) < 4.78 is 0. The number of hydrogen-bond donors (Lipinski definition) is 2. The summed E-state index contributed by atoms with van der Waals surface area (Å²) in [5.41, 5.74) is 2.42. The van der Waals surface area contributed by atoms with Crippen molar-refractivity contribution in [3.05, 3.63) is 34.9 Å². The van der Waals surface area contributed by atoms with Gasteiger partial charge in [-0.1, -0.05) is 13.0 Å². The van der Waals surface area contributed by atoms with E-state index < -0.39 is 5.97 Å². The van der Waals surface area contributed by atoms with Gasteiger partial charge in [-0.2, -0.15) is 11.8 Å². The molecule has 0 aliphatic carbocycles. The first-order valence-electron chi connectivity index (χ1n) is 5.54. The Bertz CT molecular complexity index is 402. The molecule has 0 fully saturated rings. The van der Waals surface area contributed by atoms with E-state index in [-0.39, 0.29) is 11.4 Å². The van der Waals surface area contributed by atoms with Crippen molar-refractivity contribution in [3.63, 3.8) is 0 Å². The van der Waals surface area contributed by atoms with Crippen LogP contribution < -0.4 is 0 Å². The third kappa shape index (κ3) is 4.06. The van der Waals surface area contributed by atoms with Crippen LogP contribution in [0.5, 0.6) is 0 Å². The van der Waals surface area contributed by atoms with Crippen molar-refractivity contribution in [3.8, 4) is 0 Å². The lowest BCUT2D eigenvalue weighted by Crippen LogP contribution is -2.15. The van der Waals surface area contributed by atoms with Gasteiger partial charge in [-0.3, -0.25) is 0 Å². The lowest BCUT2D eigenvalue weighted by molar-refractivity contribution is 0.0696. The van der Waals surface area contributed by atoms with Crippen LogP contribution in [-0.4, -0.2) is 27.5 Å². The van der Waals surface area contributed by atoms with E-state index in [0.717, 1.165) is 16.9 Å². The van der Waals surface area contributed by atoms with Crippen molar-refractivity contribution in [1.29, 1.82) is 0 Å².